The second-order valence-corrected chi connectivity index (χ2v) is 5.10. The van der Waals surface area contributed by atoms with E-state index in [9.17, 15) is 18.0 Å². The zero-order chi connectivity index (χ0) is 17.3. The van der Waals surface area contributed by atoms with Crippen molar-refractivity contribution in [2.45, 2.75) is 12.9 Å². The minimum atomic E-state index is -4.74. The van der Waals surface area contributed by atoms with Crippen LogP contribution in [-0.4, -0.2) is 27.2 Å². The third-order valence-electron chi connectivity index (χ3n) is 3.28. The summed E-state index contributed by atoms with van der Waals surface area (Å²) < 4.78 is 42.2. The van der Waals surface area contributed by atoms with Gasteiger partial charge in [-0.3, -0.25) is 4.68 Å². The summed E-state index contributed by atoms with van der Waals surface area (Å²) in [4.78, 5) is 11.0. The Hall–Kier alpha value is -3.03. The Bertz CT molecular complexity index is 903. The number of halogens is 3. The van der Waals surface area contributed by atoms with Gasteiger partial charge in [-0.05, 0) is 29.8 Å². The highest BCUT2D eigenvalue weighted by Gasteiger charge is 2.31. The predicted molar refractivity (Wildman–Crippen MR) is 78.9 cm³/mol. The first-order chi connectivity index (χ1) is 11.3. The Kier molecular flexibility index (Phi) is 3.88. The van der Waals surface area contributed by atoms with Crippen LogP contribution in [0.25, 0.3) is 10.9 Å². The molecular formula is C16H11F3N2O3. The highest BCUT2D eigenvalue weighted by molar-refractivity contribution is 5.92. The average Bonchev–Trinajstić information content (AvgIpc) is 2.86. The molecule has 0 unspecified atom stereocenters. The molecule has 0 aliphatic rings. The van der Waals surface area contributed by atoms with Crippen molar-refractivity contribution in [3.63, 3.8) is 0 Å². The zero-order valence-electron chi connectivity index (χ0n) is 12.1. The number of benzene rings is 2. The number of carboxylic acid groups (broad SMARTS) is 1. The van der Waals surface area contributed by atoms with E-state index in [1.54, 1.807) is 18.3 Å². The normalized spacial score (nSPS) is 11.6. The van der Waals surface area contributed by atoms with Gasteiger partial charge >= 0.3 is 12.3 Å². The lowest BCUT2D eigenvalue weighted by Gasteiger charge is -2.10. The predicted octanol–water partition coefficient (Wildman–Crippen LogP) is 3.68. The van der Waals surface area contributed by atoms with Gasteiger partial charge < -0.3 is 9.84 Å². The second kappa shape index (κ2) is 5.88. The van der Waals surface area contributed by atoms with E-state index >= 15 is 0 Å². The largest absolute Gasteiger partial charge is 0.573 e. The van der Waals surface area contributed by atoms with Crippen LogP contribution in [0.15, 0.2) is 48.7 Å². The number of hydrogen-bond donors (Lipinski definition) is 1. The van der Waals surface area contributed by atoms with Gasteiger partial charge in [-0.2, -0.15) is 5.10 Å². The smallest absolute Gasteiger partial charge is 0.478 e. The van der Waals surface area contributed by atoms with E-state index in [0.29, 0.717) is 11.1 Å². The molecule has 0 saturated carbocycles. The Balaban J connectivity index is 1.84. The number of aromatic nitrogens is 2. The fraction of sp³-hybridized carbons (Fsp3) is 0.125. The van der Waals surface area contributed by atoms with Crippen LogP contribution >= 0.6 is 0 Å². The molecule has 0 aliphatic heterocycles. The quantitative estimate of drug-likeness (QED) is 0.789. The molecular weight excluding hydrogens is 325 g/mol. The molecule has 0 atom stereocenters. The molecule has 3 aromatic rings. The van der Waals surface area contributed by atoms with Crippen LogP contribution in [0, 0.1) is 0 Å². The second-order valence-electron chi connectivity index (χ2n) is 5.10. The molecule has 0 aliphatic carbocycles. The van der Waals surface area contributed by atoms with Crippen LogP contribution < -0.4 is 4.74 Å². The maximum atomic E-state index is 12.3. The maximum absolute atomic E-state index is 12.3. The number of rotatable bonds is 4. The summed E-state index contributed by atoms with van der Waals surface area (Å²) in [7, 11) is 0. The van der Waals surface area contributed by atoms with E-state index in [2.05, 4.69) is 9.84 Å². The van der Waals surface area contributed by atoms with Gasteiger partial charge in [0, 0.05) is 11.6 Å². The van der Waals surface area contributed by atoms with Crippen molar-refractivity contribution in [2.24, 2.45) is 0 Å². The Morgan fingerprint density at radius 3 is 2.71 bits per heavy atom. The number of ether oxygens (including phenoxy) is 1. The maximum Gasteiger partial charge on any atom is 0.573 e. The summed E-state index contributed by atoms with van der Waals surface area (Å²) >= 11 is 0. The summed E-state index contributed by atoms with van der Waals surface area (Å²) in [5, 5.41) is 14.0. The molecule has 124 valence electrons. The van der Waals surface area contributed by atoms with Gasteiger partial charge in [0.25, 0.3) is 0 Å². The van der Waals surface area contributed by atoms with Crippen LogP contribution in [0.2, 0.25) is 0 Å². The van der Waals surface area contributed by atoms with Gasteiger partial charge in [0.2, 0.25) is 0 Å². The lowest BCUT2D eigenvalue weighted by molar-refractivity contribution is -0.274. The Morgan fingerprint density at radius 2 is 2.00 bits per heavy atom. The SMILES string of the molecule is O=C(O)c1ccc2cn(Cc3cccc(OC(F)(F)F)c3)nc2c1. The van der Waals surface area contributed by atoms with Gasteiger partial charge in [0.1, 0.15) is 5.75 Å². The van der Waals surface area contributed by atoms with Crippen molar-refractivity contribution in [3.8, 4) is 5.75 Å². The number of carboxylic acids is 1. The van der Waals surface area contributed by atoms with Crippen molar-refractivity contribution in [2.75, 3.05) is 0 Å². The number of carbonyl (C=O) groups is 1. The van der Waals surface area contributed by atoms with Crippen molar-refractivity contribution in [1.29, 1.82) is 0 Å². The van der Waals surface area contributed by atoms with E-state index in [0.717, 1.165) is 5.39 Å². The van der Waals surface area contributed by atoms with Crippen LogP contribution in [-0.2, 0) is 6.54 Å². The van der Waals surface area contributed by atoms with E-state index in [4.69, 9.17) is 5.11 Å². The highest BCUT2D eigenvalue weighted by atomic mass is 19.4. The molecule has 2 aromatic carbocycles. The van der Waals surface area contributed by atoms with Gasteiger partial charge in [-0.1, -0.05) is 18.2 Å². The van der Waals surface area contributed by atoms with E-state index in [-0.39, 0.29) is 17.9 Å². The van der Waals surface area contributed by atoms with Crippen molar-refractivity contribution >= 4 is 16.9 Å². The van der Waals surface area contributed by atoms with Crippen LogP contribution in [0.4, 0.5) is 13.2 Å². The third-order valence-corrected chi connectivity index (χ3v) is 3.28. The molecule has 1 N–H and O–H groups in total. The molecule has 0 radical (unpaired) electrons. The van der Waals surface area contributed by atoms with Gasteiger partial charge in [0.05, 0.1) is 17.6 Å². The monoisotopic (exact) mass is 336 g/mol. The van der Waals surface area contributed by atoms with Crippen LogP contribution in [0.1, 0.15) is 15.9 Å². The van der Waals surface area contributed by atoms with Crippen molar-refractivity contribution in [1.82, 2.24) is 9.78 Å². The van der Waals surface area contributed by atoms with E-state index in [1.165, 1.54) is 35.0 Å². The summed E-state index contributed by atoms with van der Waals surface area (Å²) in [5.41, 5.74) is 1.19. The number of aromatic carboxylic acids is 1. The minimum Gasteiger partial charge on any atom is -0.478 e. The molecule has 8 heteroatoms. The third kappa shape index (κ3) is 3.65. The first kappa shape index (κ1) is 15.9. The first-order valence-corrected chi connectivity index (χ1v) is 6.85. The topological polar surface area (TPSA) is 64.3 Å². The van der Waals surface area contributed by atoms with E-state index < -0.39 is 12.3 Å². The fourth-order valence-corrected chi connectivity index (χ4v) is 2.31. The molecule has 3 rings (SSSR count). The number of alkyl halides is 3. The minimum absolute atomic E-state index is 0.119. The Labute approximate surface area is 133 Å². The van der Waals surface area contributed by atoms with Gasteiger partial charge in [0.15, 0.2) is 0 Å². The molecule has 5 nitrogen and oxygen atoms in total. The fourth-order valence-electron chi connectivity index (χ4n) is 2.31. The van der Waals surface area contributed by atoms with Gasteiger partial charge in [-0.15, -0.1) is 13.2 Å². The molecule has 0 spiro atoms. The molecule has 0 fully saturated rings. The molecule has 0 bridgehead atoms. The van der Waals surface area contributed by atoms with Crippen LogP contribution in [0.3, 0.4) is 0 Å². The summed E-state index contributed by atoms with van der Waals surface area (Å²) in [6, 6.07) is 10.1. The highest BCUT2D eigenvalue weighted by Crippen LogP contribution is 2.24. The molecule has 0 saturated heterocycles. The summed E-state index contributed by atoms with van der Waals surface area (Å²) in [5.74, 6) is -1.35. The van der Waals surface area contributed by atoms with Crippen molar-refractivity contribution in [3.05, 3.63) is 59.8 Å². The first-order valence-electron chi connectivity index (χ1n) is 6.85. The van der Waals surface area contributed by atoms with Gasteiger partial charge in [-0.25, -0.2) is 4.79 Å². The van der Waals surface area contributed by atoms with Crippen LogP contribution in [0.5, 0.6) is 5.75 Å². The Morgan fingerprint density at radius 1 is 1.21 bits per heavy atom. The molecule has 1 heterocycles. The lowest BCUT2D eigenvalue weighted by Crippen LogP contribution is -2.17. The standard InChI is InChI=1S/C16H11F3N2O3/c17-16(18,19)24-13-3-1-2-10(6-13)8-21-9-12-5-4-11(15(22)23)7-14(12)20-21/h1-7,9H,8H2,(H,22,23). The lowest BCUT2D eigenvalue weighted by atomic mass is 10.2. The van der Waals surface area contributed by atoms with Crippen molar-refractivity contribution < 1.29 is 27.8 Å². The number of fused-ring (bicyclic) bond motifs is 1. The average molecular weight is 336 g/mol. The molecule has 1 aromatic heterocycles. The zero-order valence-corrected chi connectivity index (χ0v) is 12.1. The molecule has 24 heavy (non-hydrogen) atoms. The number of nitrogens with zero attached hydrogens (tertiary/aromatic N) is 2. The molecule has 0 amide bonds. The summed E-state index contributed by atoms with van der Waals surface area (Å²) in [6.07, 6.45) is -3.05. The number of hydrogen-bond acceptors (Lipinski definition) is 3. The van der Waals surface area contributed by atoms with E-state index in [1.807, 2.05) is 0 Å². The summed E-state index contributed by atoms with van der Waals surface area (Å²) in [6.45, 7) is 0.228.